The van der Waals surface area contributed by atoms with E-state index in [0.717, 1.165) is 31.4 Å². The van der Waals surface area contributed by atoms with Crippen LogP contribution in [0.1, 0.15) is 52.4 Å². The minimum absolute atomic E-state index is 0.000535. The maximum Gasteiger partial charge on any atom is 0.247 e. The van der Waals surface area contributed by atoms with Crippen molar-refractivity contribution in [2.24, 2.45) is 5.41 Å². The zero-order chi connectivity index (χ0) is 19.6. The third kappa shape index (κ3) is 4.54. The highest BCUT2D eigenvalue weighted by Gasteiger charge is 2.33. The lowest BCUT2D eigenvalue weighted by Crippen LogP contribution is -2.38. The van der Waals surface area contributed by atoms with Crippen molar-refractivity contribution < 1.29 is 19.1 Å². The summed E-state index contributed by atoms with van der Waals surface area (Å²) in [6, 6.07) is 5.06. The van der Waals surface area contributed by atoms with Crippen LogP contribution in [0.5, 0.6) is 11.5 Å². The van der Waals surface area contributed by atoms with E-state index >= 15 is 0 Å². The zero-order valence-electron chi connectivity index (χ0n) is 16.7. The minimum Gasteiger partial charge on any atom is -0.495 e. The van der Waals surface area contributed by atoms with Crippen LogP contribution in [0.25, 0.3) is 0 Å². The number of ether oxygens (including phenoxy) is 2. The lowest BCUT2D eigenvalue weighted by Gasteiger charge is -2.34. The van der Waals surface area contributed by atoms with E-state index in [2.05, 4.69) is 19.2 Å². The summed E-state index contributed by atoms with van der Waals surface area (Å²) in [5, 5.41) is 2.91. The predicted octanol–water partition coefficient (Wildman–Crippen LogP) is 3.60. The van der Waals surface area contributed by atoms with Crippen LogP contribution in [0, 0.1) is 5.41 Å². The Bertz CT molecular complexity index is 706. The number of rotatable bonds is 5. The van der Waals surface area contributed by atoms with Crippen molar-refractivity contribution >= 4 is 17.5 Å². The molecule has 1 unspecified atom stereocenters. The number of likely N-dealkylation sites (tertiary alicyclic amines) is 1. The Morgan fingerprint density at radius 3 is 2.52 bits per heavy atom. The Morgan fingerprint density at radius 2 is 1.93 bits per heavy atom. The molecule has 27 heavy (non-hydrogen) atoms. The quantitative estimate of drug-likeness (QED) is 0.855. The monoisotopic (exact) mass is 374 g/mol. The molecule has 0 aromatic heterocycles. The van der Waals surface area contributed by atoms with Crippen LogP contribution in [0.2, 0.25) is 0 Å². The van der Waals surface area contributed by atoms with E-state index in [9.17, 15) is 9.59 Å². The molecule has 148 valence electrons. The van der Waals surface area contributed by atoms with E-state index in [1.807, 2.05) is 12.1 Å². The SMILES string of the molecule is COc1ccc(OC2CCC(C)(C)CC2)cc1NC(=O)C1CCC(=O)N1C. The molecule has 3 rings (SSSR count). The van der Waals surface area contributed by atoms with Gasteiger partial charge in [0.1, 0.15) is 17.5 Å². The standard InChI is InChI=1S/C21H30N2O4/c1-21(2)11-9-14(10-12-21)27-15-5-7-18(26-4)16(13-15)22-20(25)17-6-8-19(24)23(17)3/h5,7,13-14,17H,6,8-12H2,1-4H3,(H,22,25). The third-order valence-corrected chi connectivity index (χ3v) is 5.81. The molecule has 0 bridgehead atoms. The van der Waals surface area contributed by atoms with Gasteiger partial charge >= 0.3 is 0 Å². The number of carbonyl (C=O) groups is 2. The number of carbonyl (C=O) groups excluding carboxylic acids is 2. The molecule has 0 radical (unpaired) electrons. The summed E-state index contributed by atoms with van der Waals surface area (Å²) in [7, 11) is 3.24. The molecule has 1 aromatic rings. The van der Waals surface area contributed by atoms with Gasteiger partial charge in [0.25, 0.3) is 0 Å². The smallest absolute Gasteiger partial charge is 0.247 e. The molecule has 1 atom stereocenters. The van der Waals surface area contributed by atoms with Crippen molar-refractivity contribution in [3.63, 3.8) is 0 Å². The molecule has 6 heteroatoms. The zero-order valence-corrected chi connectivity index (χ0v) is 16.7. The highest BCUT2D eigenvalue weighted by atomic mass is 16.5. The first-order valence-electron chi connectivity index (χ1n) is 9.70. The van der Waals surface area contributed by atoms with Crippen molar-refractivity contribution in [2.45, 2.75) is 64.5 Å². The average Bonchev–Trinajstić information content (AvgIpc) is 2.96. The number of likely N-dealkylation sites (N-methyl/N-ethyl adjacent to an activating group) is 1. The second-order valence-electron chi connectivity index (χ2n) is 8.39. The number of methoxy groups -OCH3 is 1. The summed E-state index contributed by atoms with van der Waals surface area (Å²) in [6.07, 6.45) is 5.53. The second-order valence-corrected chi connectivity index (χ2v) is 8.39. The van der Waals surface area contributed by atoms with Gasteiger partial charge in [-0.1, -0.05) is 13.8 Å². The molecule has 0 spiro atoms. The van der Waals surface area contributed by atoms with E-state index in [1.54, 1.807) is 20.2 Å². The molecule has 1 aliphatic heterocycles. The Kier molecular flexibility index (Phi) is 5.63. The van der Waals surface area contributed by atoms with Crippen molar-refractivity contribution in [1.29, 1.82) is 0 Å². The topological polar surface area (TPSA) is 67.9 Å². The van der Waals surface area contributed by atoms with Crippen molar-refractivity contribution in [3.05, 3.63) is 18.2 Å². The maximum absolute atomic E-state index is 12.6. The Balaban J connectivity index is 1.68. The van der Waals surface area contributed by atoms with Gasteiger partial charge in [-0.25, -0.2) is 0 Å². The Labute approximate surface area is 161 Å². The molecule has 2 amide bonds. The van der Waals surface area contributed by atoms with Crippen molar-refractivity contribution in [2.75, 3.05) is 19.5 Å². The number of hydrogen-bond donors (Lipinski definition) is 1. The van der Waals surface area contributed by atoms with Gasteiger partial charge in [0.15, 0.2) is 0 Å². The number of hydrogen-bond acceptors (Lipinski definition) is 4. The van der Waals surface area contributed by atoms with Gasteiger partial charge < -0.3 is 19.7 Å². The number of nitrogens with zero attached hydrogens (tertiary/aromatic N) is 1. The third-order valence-electron chi connectivity index (χ3n) is 5.81. The van der Waals surface area contributed by atoms with Crippen LogP contribution in [-0.2, 0) is 9.59 Å². The number of amides is 2. The fraction of sp³-hybridized carbons (Fsp3) is 0.619. The van der Waals surface area contributed by atoms with Gasteiger partial charge in [-0.15, -0.1) is 0 Å². The first-order valence-corrected chi connectivity index (χ1v) is 9.70. The number of benzene rings is 1. The highest BCUT2D eigenvalue weighted by Crippen LogP contribution is 2.37. The van der Waals surface area contributed by atoms with E-state index in [1.165, 1.54) is 4.90 Å². The van der Waals surface area contributed by atoms with E-state index < -0.39 is 6.04 Å². The summed E-state index contributed by atoms with van der Waals surface area (Å²) in [4.78, 5) is 25.8. The second kappa shape index (κ2) is 7.79. The molecule has 1 saturated carbocycles. The van der Waals surface area contributed by atoms with E-state index in [-0.39, 0.29) is 17.9 Å². The molecule has 2 fully saturated rings. The summed E-state index contributed by atoms with van der Waals surface area (Å²) in [5.74, 6) is 1.11. The van der Waals surface area contributed by atoms with Crippen LogP contribution < -0.4 is 14.8 Å². The van der Waals surface area contributed by atoms with E-state index in [0.29, 0.717) is 29.7 Å². The van der Waals surface area contributed by atoms with Crippen molar-refractivity contribution in [3.8, 4) is 11.5 Å². The fourth-order valence-corrected chi connectivity index (χ4v) is 3.87. The van der Waals surface area contributed by atoms with Gasteiger partial charge in [-0.3, -0.25) is 9.59 Å². The van der Waals surface area contributed by atoms with Gasteiger partial charge in [0, 0.05) is 19.5 Å². The summed E-state index contributed by atoms with van der Waals surface area (Å²) in [6.45, 7) is 4.60. The molecule has 6 nitrogen and oxygen atoms in total. The van der Waals surface area contributed by atoms with Gasteiger partial charge in [-0.05, 0) is 49.7 Å². The number of nitrogens with one attached hydrogen (secondary N) is 1. The summed E-state index contributed by atoms with van der Waals surface area (Å²) < 4.78 is 11.5. The molecule has 1 N–H and O–H groups in total. The lowest BCUT2D eigenvalue weighted by atomic mass is 9.76. The first-order chi connectivity index (χ1) is 12.8. The van der Waals surface area contributed by atoms with Gasteiger partial charge in [0.05, 0.1) is 18.9 Å². The number of anilines is 1. The normalized spacial score (nSPS) is 22.6. The van der Waals surface area contributed by atoms with Crippen LogP contribution in [0.3, 0.4) is 0 Å². The summed E-state index contributed by atoms with van der Waals surface area (Å²) >= 11 is 0. The molecular weight excluding hydrogens is 344 g/mol. The van der Waals surface area contributed by atoms with Crippen LogP contribution in [0.4, 0.5) is 5.69 Å². The van der Waals surface area contributed by atoms with Gasteiger partial charge in [-0.2, -0.15) is 0 Å². The molecule has 1 aliphatic carbocycles. The Hall–Kier alpha value is -2.24. The molecule has 2 aliphatic rings. The lowest BCUT2D eigenvalue weighted by molar-refractivity contribution is -0.131. The molecular formula is C21H30N2O4. The fourth-order valence-electron chi connectivity index (χ4n) is 3.87. The first kappa shape index (κ1) is 19.5. The van der Waals surface area contributed by atoms with E-state index in [4.69, 9.17) is 9.47 Å². The minimum atomic E-state index is -0.438. The Morgan fingerprint density at radius 1 is 1.22 bits per heavy atom. The highest BCUT2D eigenvalue weighted by molar-refractivity contribution is 5.99. The molecule has 1 heterocycles. The molecule has 1 saturated heterocycles. The predicted molar refractivity (Wildman–Crippen MR) is 104 cm³/mol. The largest absolute Gasteiger partial charge is 0.495 e. The van der Waals surface area contributed by atoms with Gasteiger partial charge in [0.2, 0.25) is 11.8 Å². The van der Waals surface area contributed by atoms with Crippen LogP contribution >= 0.6 is 0 Å². The summed E-state index contributed by atoms with van der Waals surface area (Å²) in [5.41, 5.74) is 0.966. The van der Waals surface area contributed by atoms with Crippen LogP contribution in [0.15, 0.2) is 18.2 Å². The molecule has 1 aromatic carbocycles. The van der Waals surface area contributed by atoms with Crippen LogP contribution in [-0.4, -0.2) is 43.0 Å². The van der Waals surface area contributed by atoms with Crippen molar-refractivity contribution in [1.82, 2.24) is 4.90 Å². The maximum atomic E-state index is 12.6. The average molecular weight is 374 g/mol.